The molecule has 0 aromatic rings. The molecule has 0 aromatic heterocycles. The van der Waals surface area contributed by atoms with Crippen LogP contribution in [-0.4, -0.2) is 30.5 Å². The summed E-state index contributed by atoms with van der Waals surface area (Å²) < 4.78 is 0. The van der Waals surface area contributed by atoms with Crippen LogP contribution >= 0.6 is 0 Å². The minimum Gasteiger partial charge on any atom is -0.550 e. The van der Waals surface area contributed by atoms with Crippen molar-refractivity contribution in [3.63, 3.8) is 0 Å². The molecular weight excluding hydrogens is 497 g/mol. The van der Waals surface area contributed by atoms with Crippen LogP contribution in [-0.2, 0) is 4.79 Å². The maximum absolute atomic E-state index is 10.8. The number of rotatable bonds is 35. The molecule has 0 unspecified atom stereocenters. The molecule has 0 radical (unpaired) electrons. The summed E-state index contributed by atoms with van der Waals surface area (Å²) in [6, 6.07) is 0. The van der Waals surface area contributed by atoms with E-state index in [1.807, 2.05) is 0 Å². The molecule has 240 valence electrons. The van der Waals surface area contributed by atoms with Gasteiger partial charge >= 0.3 is 18.9 Å². The predicted octanol–water partition coefficient (Wildman–Crippen LogP) is 8.18. The Hall–Kier alpha value is 0.0274. The topological polar surface area (TPSA) is 43.4 Å². The van der Waals surface area contributed by atoms with E-state index in [-0.39, 0.29) is 25.3 Å². The minimum atomic E-state index is -0.898. The fourth-order valence-electron chi connectivity index (χ4n) is 6.00. The third-order valence-electron chi connectivity index (χ3n) is 8.76. The zero-order valence-corrected chi connectivity index (χ0v) is 28.8. The first-order valence-electron chi connectivity index (χ1n) is 18.6. The molecular formula is C37H74LiNO2. The van der Waals surface area contributed by atoms with Gasteiger partial charge in [-0.25, -0.2) is 0 Å². The van der Waals surface area contributed by atoms with E-state index in [2.05, 4.69) is 18.7 Å². The summed E-state index contributed by atoms with van der Waals surface area (Å²) in [4.78, 5) is 13.4. The second-order valence-corrected chi connectivity index (χ2v) is 12.9. The van der Waals surface area contributed by atoms with E-state index in [0.717, 1.165) is 19.4 Å². The van der Waals surface area contributed by atoms with Crippen molar-refractivity contribution in [3.8, 4) is 0 Å². The molecule has 3 nitrogen and oxygen atoms in total. The number of carboxylic acids is 1. The second-order valence-electron chi connectivity index (χ2n) is 12.9. The van der Waals surface area contributed by atoms with Gasteiger partial charge in [-0.1, -0.05) is 181 Å². The normalized spacial score (nSPS) is 11.3. The van der Waals surface area contributed by atoms with Gasteiger partial charge in [-0.2, -0.15) is 0 Å². The van der Waals surface area contributed by atoms with Gasteiger partial charge in [0.25, 0.3) is 0 Å². The van der Waals surface area contributed by atoms with Gasteiger partial charge in [0.05, 0.1) is 0 Å². The number of carboxylic acid groups (broad SMARTS) is 1. The molecule has 0 saturated heterocycles. The third kappa shape index (κ3) is 38.0. The van der Waals surface area contributed by atoms with Gasteiger partial charge in [-0.05, 0) is 51.7 Å². The van der Waals surface area contributed by atoms with Gasteiger partial charge in [-0.3, -0.25) is 0 Å². The zero-order valence-electron chi connectivity index (χ0n) is 28.8. The van der Waals surface area contributed by atoms with Gasteiger partial charge < -0.3 is 14.8 Å². The van der Waals surface area contributed by atoms with Crippen LogP contribution in [0.25, 0.3) is 0 Å². The van der Waals surface area contributed by atoms with E-state index < -0.39 is 5.97 Å². The van der Waals surface area contributed by atoms with Crippen LogP contribution in [0.5, 0.6) is 0 Å². The Kier molecular flexibility index (Phi) is 40.1. The zero-order chi connectivity index (χ0) is 29.2. The average Bonchev–Trinajstić information content (AvgIpc) is 2.95. The number of hydrogen-bond donors (Lipinski definition) is 0. The molecule has 0 aliphatic carbocycles. The van der Waals surface area contributed by atoms with Crippen molar-refractivity contribution in [1.29, 1.82) is 0 Å². The molecule has 4 heteroatoms. The Bertz CT molecular complexity index is 456. The SMILES string of the molecule is CCCCCCCCCCCCCCCCN(CCCCCCCCCCCCCCCC)CCCCC(=O)[O-].[Li+]. The molecule has 0 heterocycles. The molecule has 0 aromatic carbocycles. The van der Waals surface area contributed by atoms with Gasteiger partial charge in [-0.15, -0.1) is 0 Å². The van der Waals surface area contributed by atoms with Crippen LogP contribution in [0.3, 0.4) is 0 Å². The number of carbonyl (C=O) groups excluding carboxylic acids is 1. The van der Waals surface area contributed by atoms with Gasteiger partial charge in [0.15, 0.2) is 0 Å². The van der Waals surface area contributed by atoms with Crippen molar-refractivity contribution >= 4 is 5.97 Å². The smallest absolute Gasteiger partial charge is 0.550 e. The standard InChI is InChI=1S/C37H75NO2.Li/c1-3-5-7-9-11-13-15-17-19-21-23-25-27-30-34-38(36-32-29-33-37(39)40)35-31-28-26-24-22-20-18-16-14-12-10-8-6-4-2;/h3-36H2,1-2H3,(H,39,40);/q;+1/p-1. The van der Waals surface area contributed by atoms with Crippen molar-refractivity contribution in [1.82, 2.24) is 4.90 Å². The van der Waals surface area contributed by atoms with Crippen LogP contribution in [0.15, 0.2) is 0 Å². The van der Waals surface area contributed by atoms with Crippen LogP contribution in [0.1, 0.15) is 213 Å². The molecule has 0 aliphatic rings. The van der Waals surface area contributed by atoms with Gasteiger partial charge in [0.2, 0.25) is 0 Å². The molecule has 0 fully saturated rings. The van der Waals surface area contributed by atoms with Crippen molar-refractivity contribution < 1.29 is 28.8 Å². The van der Waals surface area contributed by atoms with Crippen molar-refractivity contribution in [2.24, 2.45) is 0 Å². The summed E-state index contributed by atoms with van der Waals surface area (Å²) in [5.41, 5.74) is 0. The van der Waals surface area contributed by atoms with E-state index in [4.69, 9.17) is 0 Å². The molecule has 41 heavy (non-hydrogen) atoms. The van der Waals surface area contributed by atoms with Crippen molar-refractivity contribution in [3.05, 3.63) is 0 Å². The van der Waals surface area contributed by atoms with Crippen LogP contribution in [0, 0.1) is 0 Å². The summed E-state index contributed by atoms with van der Waals surface area (Å²) in [5, 5.41) is 10.8. The molecule has 0 rings (SSSR count). The predicted molar refractivity (Wildman–Crippen MR) is 176 cm³/mol. The van der Waals surface area contributed by atoms with E-state index in [1.165, 1.54) is 193 Å². The van der Waals surface area contributed by atoms with Crippen molar-refractivity contribution in [2.45, 2.75) is 213 Å². The molecule has 0 bridgehead atoms. The number of nitrogens with zero attached hydrogens (tertiary/aromatic N) is 1. The summed E-state index contributed by atoms with van der Waals surface area (Å²) in [6.07, 6.45) is 41.4. The Labute approximate surface area is 271 Å². The summed E-state index contributed by atoms with van der Waals surface area (Å²) in [6.45, 7) is 8.04. The summed E-state index contributed by atoms with van der Waals surface area (Å²) >= 11 is 0. The monoisotopic (exact) mass is 572 g/mol. The Balaban J connectivity index is 0. The largest absolute Gasteiger partial charge is 1.00 e. The first-order valence-corrected chi connectivity index (χ1v) is 18.6. The number of aliphatic carboxylic acids is 1. The Morgan fingerprint density at radius 1 is 0.390 bits per heavy atom. The van der Waals surface area contributed by atoms with Gasteiger partial charge in [0.1, 0.15) is 0 Å². The van der Waals surface area contributed by atoms with Crippen LogP contribution in [0.4, 0.5) is 0 Å². The van der Waals surface area contributed by atoms with E-state index in [1.54, 1.807) is 0 Å². The number of carbonyl (C=O) groups is 1. The summed E-state index contributed by atoms with van der Waals surface area (Å²) in [7, 11) is 0. The van der Waals surface area contributed by atoms with Crippen molar-refractivity contribution in [2.75, 3.05) is 19.6 Å². The first kappa shape index (κ1) is 43.2. The Morgan fingerprint density at radius 2 is 0.610 bits per heavy atom. The fourth-order valence-corrected chi connectivity index (χ4v) is 6.00. The second kappa shape index (κ2) is 38.1. The number of unbranched alkanes of at least 4 members (excludes halogenated alkanes) is 27. The molecule has 0 amide bonds. The molecule has 0 saturated carbocycles. The molecule has 0 N–H and O–H groups in total. The minimum absolute atomic E-state index is 0. The van der Waals surface area contributed by atoms with E-state index in [9.17, 15) is 9.90 Å². The maximum atomic E-state index is 10.8. The fraction of sp³-hybridized carbons (Fsp3) is 0.973. The third-order valence-corrected chi connectivity index (χ3v) is 8.76. The molecule has 0 atom stereocenters. The van der Waals surface area contributed by atoms with E-state index >= 15 is 0 Å². The first-order chi connectivity index (χ1) is 19.7. The quantitative estimate of drug-likeness (QED) is 0.0569. The van der Waals surface area contributed by atoms with E-state index in [0.29, 0.717) is 0 Å². The Morgan fingerprint density at radius 3 is 0.854 bits per heavy atom. The van der Waals surface area contributed by atoms with Crippen LogP contribution in [0.2, 0.25) is 0 Å². The number of hydrogen-bond acceptors (Lipinski definition) is 3. The average molecular weight is 572 g/mol. The van der Waals surface area contributed by atoms with Gasteiger partial charge in [0, 0.05) is 5.97 Å². The van der Waals surface area contributed by atoms with Crippen LogP contribution < -0.4 is 24.0 Å². The molecule has 0 aliphatic heterocycles. The molecule has 0 spiro atoms. The maximum Gasteiger partial charge on any atom is 1.00 e. The summed E-state index contributed by atoms with van der Waals surface area (Å²) in [5.74, 6) is -0.898.